The van der Waals surface area contributed by atoms with Gasteiger partial charge in [0.15, 0.2) is 0 Å². The topological polar surface area (TPSA) is 56.4 Å². The fraction of sp³-hybridized carbons (Fsp3) is 0.417. The first kappa shape index (κ1) is 10.6. The second-order valence-corrected chi connectivity index (χ2v) is 4.33. The molecule has 0 bridgehead atoms. The van der Waals surface area contributed by atoms with Crippen molar-refractivity contribution >= 4 is 11.7 Å². The number of para-hydroxylation sites is 1. The zero-order valence-electron chi connectivity index (χ0n) is 9.57. The summed E-state index contributed by atoms with van der Waals surface area (Å²) in [6, 6.07) is 8.01. The Labute approximate surface area is 100 Å². The fourth-order valence-corrected chi connectivity index (χ4v) is 2.39. The molecule has 2 aliphatic rings. The molecule has 0 radical (unpaired) electrons. The van der Waals surface area contributed by atoms with Gasteiger partial charge in [-0.25, -0.2) is 4.79 Å². The summed E-state index contributed by atoms with van der Waals surface area (Å²) in [6.45, 7) is 3.23. The van der Waals surface area contributed by atoms with Crippen molar-refractivity contribution in [2.24, 2.45) is 0 Å². The van der Waals surface area contributed by atoms with Crippen molar-refractivity contribution < 1.29 is 4.79 Å². The van der Waals surface area contributed by atoms with Crippen LogP contribution in [-0.4, -0.2) is 31.8 Å². The van der Waals surface area contributed by atoms with E-state index in [0.29, 0.717) is 6.54 Å². The van der Waals surface area contributed by atoms with E-state index in [1.807, 2.05) is 23.1 Å². The zero-order chi connectivity index (χ0) is 11.7. The van der Waals surface area contributed by atoms with Gasteiger partial charge in [-0.1, -0.05) is 18.2 Å². The van der Waals surface area contributed by atoms with Gasteiger partial charge in [-0.05, 0) is 11.6 Å². The number of anilines is 1. The van der Waals surface area contributed by atoms with Crippen molar-refractivity contribution in [3.8, 4) is 0 Å². The molecule has 5 heteroatoms. The Morgan fingerprint density at radius 2 is 2.12 bits per heavy atom. The van der Waals surface area contributed by atoms with Crippen LogP contribution < -0.4 is 20.9 Å². The predicted octanol–water partition coefficient (Wildman–Crippen LogP) is 0.235. The standard InChI is InChI=1S/C12H16N4O/c17-12-15-7-9-3-1-2-4-10(9)16(12)11-8-13-5-6-14-11/h1-4,11,13-14H,5-8H2,(H,15,17). The van der Waals surface area contributed by atoms with E-state index in [0.717, 1.165) is 25.3 Å². The van der Waals surface area contributed by atoms with Gasteiger partial charge in [0.2, 0.25) is 0 Å². The van der Waals surface area contributed by atoms with Gasteiger partial charge in [-0.3, -0.25) is 10.2 Å². The van der Waals surface area contributed by atoms with Gasteiger partial charge in [0.05, 0.1) is 5.69 Å². The maximum Gasteiger partial charge on any atom is 0.323 e. The van der Waals surface area contributed by atoms with Crippen molar-refractivity contribution in [1.82, 2.24) is 16.0 Å². The molecule has 2 aliphatic heterocycles. The highest BCUT2D eigenvalue weighted by atomic mass is 16.2. The lowest BCUT2D eigenvalue weighted by atomic mass is 10.1. The van der Waals surface area contributed by atoms with Crippen LogP contribution in [0, 0.1) is 0 Å². The number of nitrogens with one attached hydrogen (secondary N) is 3. The van der Waals surface area contributed by atoms with Gasteiger partial charge in [0.1, 0.15) is 6.17 Å². The summed E-state index contributed by atoms with van der Waals surface area (Å²) in [7, 11) is 0. The van der Waals surface area contributed by atoms with Gasteiger partial charge in [-0.15, -0.1) is 0 Å². The first-order valence-electron chi connectivity index (χ1n) is 5.95. The normalized spacial score (nSPS) is 24.1. The van der Waals surface area contributed by atoms with E-state index < -0.39 is 0 Å². The second-order valence-electron chi connectivity index (χ2n) is 4.33. The number of rotatable bonds is 1. The molecule has 1 aromatic rings. The smallest absolute Gasteiger partial charge is 0.323 e. The highest BCUT2D eigenvalue weighted by Gasteiger charge is 2.30. The summed E-state index contributed by atoms with van der Waals surface area (Å²) in [5.41, 5.74) is 2.18. The number of amides is 2. The Hall–Kier alpha value is -1.59. The van der Waals surface area contributed by atoms with Crippen LogP contribution in [0.3, 0.4) is 0 Å². The maximum absolute atomic E-state index is 12.0. The molecule has 0 spiro atoms. The average Bonchev–Trinajstić information content (AvgIpc) is 2.39. The molecule has 3 N–H and O–H groups in total. The van der Waals surface area contributed by atoms with Crippen LogP contribution in [0.5, 0.6) is 0 Å². The minimum atomic E-state index is -0.0232. The number of fused-ring (bicyclic) bond motifs is 1. The highest BCUT2D eigenvalue weighted by molar-refractivity contribution is 5.95. The molecule has 1 aromatic carbocycles. The van der Waals surface area contributed by atoms with Gasteiger partial charge in [-0.2, -0.15) is 0 Å². The summed E-state index contributed by atoms with van der Waals surface area (Å²) < 4.78 is 0. The van der Waals surface area contributed by atoms with Crippen LogP contribution in [0.2, 0.25) is 0 Å². The summed E-state index contributed by atoms with van der Waals surface area (Å²) >= 11 is 0. The third-order valence-electron chi connectivity index (χ3n) is 3.23. The molecule has 0 aromatic heterocycles. The summed E-state index contributed by atoms with van der Waals surface area (Å²) in [5.74, 6) is 0. The molecule has 1 unspecified atom stereocenters. The lowest BCUT2D eigenvalue weighted by Gasteiger charge is -2.38. The molecule has 2 amide bonds. The van der Waals surface area contributed by atoms with Gasteiger partial charge >= 0.3 is 6.03 Å². The third kappa shape index (κ3) is 1.87. The van der Waals surface area contributed by atoms with Gasteiger partial charge < -0.3 is 10.6 Å². The quantitative estimate of drug-likeness (QED) is 0.650. The highest BCUT2D eigenvalue weighted by Crippen LogP contribution is 2.25. The number of carbonyl (C=O) groups excluding carboxylic acids is 1. The van der Waals surface area contributed by atoms with E-state index in [9.17, 15) is 4.79 Å². The van der Waals surface area contributed by atoms with Crippen molar-refractivity contribution in [1.29, 1.82) is 0 Å². The van der Waals surface area contributed by atoms with Crippen LogP contribution in [0.4, 0.5) is 10.5 Å². The van der Waals surface area contributed by atoms with E-state index in [1.54, 1.807) is 0 Å². The van der Waals surface area contributed by atoms with Crippen LogP contribution in [0.15, 0.2) is 24.3 Å². The van der Waals surface area contributed by atoms with Crippen LogP contribution in [0.25, 0.3) is 0 Å². The molecule has 90 valence electrons. The molecule has 17 heavy (non-hydrogen) atoms. The average molecular weight is 232 g/mol. The number of hydrogen-bond donors (Lipinski definition) is 3. The third-order valence-corrected chi connectivity index (χ3v) is 3.23. The van der Waals surface area contributed by atoms with Crippen molar-refractivity contribution in [3.63, 3.8) is 0 Å². The van der Waals surface area contributed by atoms with E-state index >= 15 is 0 Å². The molecular formula is C12H16N4O. The number of carbonyl (C=O) groups is 1. The summed E-state index contributed by atoms with van der Waals surface area (Å²) in [4.78, 5) is 13.8. The van der Waals surface area contributed by atoms with Crippen molar-refractivity contribution in [2.75, 3.05) is 24.5 Å². The summed E-state index contributed by atoms with van der Waals surface area (Å²) in [6.07, 6.45) is 0.0326. The largest absolute Gasteiger partial charge is 0.333 e. The molecule has 0 saturated carbocycles. The van der Waals surface area contributed by atoms with Crippen LogP contribution >= 0.6 is 0 Å². The number of hydrogen-bond acceptors (Lipinski definition) is 3. The molecule has 5 nitrogen and oxygen atoms in total. The number of benzene rings is 1. The number of urea groups is 1. The van der Waals surface area contributed by atoms with Crippen molar-refractivity contribution in [3.05, 3.63) is 29.8 Å². The van der Waals surface area contributed by atoms with E-state index in [1.165, 1.54) is 5.56 Å². The Bertz CT molecular complexity index is 428. The monoisotopic (exact) mass is 232 g/mol. The fourth-order valence-electron chi connectivity index (χ4n) is 2.39. The Balaban J connectivity index is 1.94. The predicted molar refractivity (Wildman–Crippen MR) is 65.8 cm³/mol. The van der Waals surface area contributed by atoms with Gasteiger partial charge in [0.25, 0.3) is 0 Å². The SMILES string of the molecule is O=C1NCc2ccccc2N1C1CNCCN1. The van der Waals surface area contributed by atoms with E-state index in [2.05, 4.69) is 22.0 Å². The lowest BCUT2D eigenvalue weighted by molar-refractivity contribution is 0.238. The Morgan fingerprint density at radius 3 is 2.94 bits per heavy atom. The Kier molecular flexibility index (Phi) is 2.70. The first-order valence-corrected chi connectivity index (χ1v) is 5.95. The minimum absolute atomic E-state index is 0.0232. The molecule has 2 heterocycles. The molecule has 1 fully saturated rings. The van der Waals surface area contributed by atoms with Gasteiger partial charge in [0, 0.05) is 26.2 Å². The molecule has 1 atom stereocenters. The van der Waals surface area contributed by atoms with Crippen LogP contribution in [-0.2, 0) is 6.54 Å². The minimum Gasteiger partial charge on any atom is -0.333 e. The number of piperazine rings is 1. The summed E-state index contributed by atoms with van der Waals surface area (Å²) in [5, 5.41) is 9.57. The molecule has 0 aliphatic carbocycles. The first-order chi connectivity index (χ1) is 8.36. The number of nitrogens with zero attached hydrogens (tertiary/aromatic N) is 1. The van der Waals surface area contributed by atoms with E-state index in [4.69, 9.17) is 0 Å². The lowest BCUT2D eigenvalue weighted by Crippen LogP contribution is -2.62. The second kappa shape index (κ2) is 4.35. The zero-order valence-corrected chi connectivity index (χ0v) is 9.57. The Morgan fingerprint density at radius 1 is 1.24 bits per heavy atom. The molecule has 3 rings (SSSR count). The molecule has 1 saturated heterocycles. The van der Waals surface area contributed by atoms with Crippen molar-refractivity contribution in [2.45, 2.75) is 12.7 Å². The maximum atomic E-state index is 12.0. The van der Waals surface area contributed by atoms with Crippen LogP contribution in [0.1, 0.15) is 5.56 Å². The van der Waals surface area contributed by atoms with E-state index in [-0.39, 0.29) is 12.2 Å². The molecular weight excluding hydrogens is 216 g/mol.